The molecule has 1 N–H and O–H groups in total. The molecule has 5 nitrogen and oxygen atoms in total. The Balaban J connectivity index is 1.70. The molecule has 138 valence electrons. The number of piperidine rings is 1. The van der Waals surface area contributed by atoms with E-state index in [0.29, 0.717) is 17.1 Å². The van der Waals surface area contributed by atoms with Crippen LogP contribution in [0.5, 0.6) is 11.5 Å². The van der Waals surface area contributed by atoms with Gasteiger partial charge in [-0.1, -0.05) is 6.92 Å². The zero-order valence-electron chi connectivity index (χ0n) is 15.6. The maximum Gasteiger partial charge on any atom is 0.255 e. The first-order valence-electron chi connectivity index (χ1n) is 8.98. The molecule has 0 spiro atoms. The molecular weight excluding hydrogens is 328 g/mol. The Kier molecular flexibility index (Phi) is 5.66. The number of amides is 1. The van der Waals surface area contributed by atoms with E-state index < -0.39 is 0 Å². The van der Waals surface area contributed by atoms with Crippen molar-refractivity contribution in [2.24, 2.45) is 5.92 Å². The van der Waals surface area contributed by atoms with E-state index in [9.17, 15) is 4.79 Å². The lowest BCUT2D eigenvalue weighted by Crippen LogP contribution is -2.34. The summed E-state index contributed by atoms with van der Waals surface area (Å²) in [7, 11) is 3.13. The third kappa shape index (κ3) is 4.28. The van der Waals surface area contributed by atoms with Crippen LogP contribution in [0.25, 0.3) is 0 Å². The normalized spacial score (nSPS) is 16.9. The van der Waals surface area contributed by atoms with Gasteiger partial charge in [0.15, 0.2) is 0 Å². The highest BCUT2D eigenvalue weighted by molar-refractivity contribution is 6.04. The third-order valence-corrected chi connectivity index (χ3v) is 4.76. The number of benzene rings is 2. The van der Waals surface area contributed by atoms with Gasteiger partial charge in [-0.15, -0.1) is 0 Å². The van der Waals surface area contributed by atoms with E-state index in [-0.39, 0.29) is 5.91 Å². The van der Waals surface area contributed by atoms with E-state index in [1.807, 2.05) is 12.1 Å². The molecule has 2 aromatic rings. The van der Waals surface area contributed by atoms with Crippen LogP contribution in [0.4, 0.5) is 11.4 Å². The van der Waals surface area contributed by atoms with Crippen molar-refractivity contribution in [3.63, 3.8) is 0 Å². The van der Waals surface area contributed by atoms with E-state index >= 15 is 0 Å². The number of carbonyl (C=O) groups is 1. The predicted molar refractivity (Wildman–Crippen MR) is 105 cm³/mol. The van der Waals surface area contributed by atoms with Crippen molar-refractivity contribution < 1.29 is 14.3 Å². The van der Waals surface area contributed by atoms with Gasteiger partial charge in [-0.3, -0.25) is 4.79 Å². The van der Waals surface area contributed by atoms with Gasteiger partial charge < -0.3 is 19.7 Å². The molecular formula is C21H26N2O3. The molecule has 26 heavy (non-hydrogen) atoms. The van der Waals surface area contributed by atoms with Crippen molar-refractivity contribution in [3.05, 3.63) is 48.0 Å². The van der Waals surface area contributed by atoms with Crippen molar-refractivity contribution in [3.8, 4) is 11.5 Å². The van der Waals surface area contributed by atoms with Crippen LogP contribution in [0, 0.1) is 5.92 Å². The summed E-state index contributed by atoms with van der Waals surface area (Å²) in [4.78, 5) is 15.0. The molecule has 5 heteroatoms. The van der Waals surface area contributed by atoms with Gasteiger partial charge in [0.2, 0.25) is 0 Å². The summed E-state index contributed by atoms with van der Waals surface area (Å²) in [5.41, 5.74) is 2.47. The van der Waals surface area contributed by atoms with Crippen molar-refractivity contribution in [1.82, 2.24) is 0 Å². The summed E-state index contributed by atoms with van der Waals surface area (Å²) in [6, 6.07) is 13.2. The summed E-state index contributed by atoms with van der Waals surface area (Å²) >= 11 is 0. The minimum atomic E-state index is -0.193. The highest BCUT2D eigenvalue weighted by atomic mass is 16.5. The third-order valence-electron chi connectivity index (χ3n) is 4.76. The van der Waals surface area contributed by atoms with Gasteiger partial charge in [-0.2, -0.15) is 0 Å². The molecule has 1 heterocycles. The fourth-order valence-corrected chi connectivity index (χ4v) is 3.32. The number of hydrogen-bond donors (Lipinski definition) is 1. The van der Waals surface area contributed by atoms with Gasteiger partial charge in [0.25, 0.3) is 5.91 Å². The number of nitrogens with one attached hydrogen (secondary N) is 1. The summed E-state index contributed by atoms with van der Waals surface area (Å²) in [6.07, 6.45) is 2.53. The van der Waals surface area contributed by atoms with Crippen LogP contribution in [0.1, 0.15) is 30.1 Å². The van der Waals surface area contributed by atoms with Gasteiger partial charge in [0, 0.05) is 36.1 Å². The number of carbonyl (C=O) groups excluding carboxylic acids is 1. The van der Waals surface area contributed by atoms with Crippen LogP contribution in [-0.2, 0) is 0 Å². The van der Waals surface area contributed by atoms with E-state index in [4.69, 9.17) is 9.47 Å². The lowest BCUT2D eigenvalue weighted by Gasteiger charge is -2.32. The van der Waals surface area contributed by atoms with Crippen molar-refractivity contribution >= 4 is 17.3 Å². The van der Waals surface area contributed by atoms with E-state index in [2.05, 4.69) is 29.3 Å². The largest absolute Gasteiger partial charge is 0.497 e. The number of nitrogens with zero attached hydrogens (tertiary/aromatic N) is 1. The molecule has 1 amide bonds. The van der Waals surface area contributed by atoms with Crippen LogP contribution >= 0.6 is 0 Å². The number of ether oxygens (including phenoxy) is 2. The zero-order valence-corrected chi connectivity index (χ0v) is 15.6. The standard InChI is InChI=1S/C21H26N2O3/c1-15-5-4-10-23(14-15)18-8-6-17(7-9-18)22-21(24)16-11-19(25-2)13-20(12-16)26-3/h6-9,11-13,15H,4-5,10,14H2,1-3H3,(H,22,24). The number of anilines is 2. The molecule has 3 rings (SSSR count). The Labute approximate surface area is 154 Å². The van der Waals surface area contributed by atoms with Gasteiger partial charge >= 0.3 is 0 Å². The second-order valence-electron chi connectivity index (χ2n) is 6.80. The molecule has 0 saturated carbocycles. The minimum Gasteiger partial charge on any atom is -0.497 e. The lowest BCUT2D eigenvalue weighted by atomic mass is 10.00. The first kappa shape index (κ1) is 18.1. The monoisotopic (exact) mass is 354 g/mol. The first-order chi connectivity index (χ1) is 12.6. The minimum absolute atomic E-state index is 0.193. The first-order valence-corrected chi connectivity index (χ1v) is 8.98. The molecule has 0 radical (unpaired) electrons. The molecule has 0 aromatic heterocycles. The molecule has 1 fully saturated rings. The summed E-state index contributed by atoms with van der Waals surface area (Å²) in [5, 5.41) is 2.93. The number of methoxy groups -OCH3 is 2. The van der Waals surface area contributed by atoms with Crippen LogP contribution < -0.4 is 19.7 Å². The van der Waals surface area contributed by atoms with Crippen LogP contribution in [0.3, 0.4) is 0 Å². The number of rotatable bonds is 5. The highest BCUT2D eigenvalue weighted by Gasteiger charge is 2.16. The molecule has 0 aliphatic carbocycles. The second-order valence-corrected chi connectivity index (χ2v) is 6.80. The van der Waals surface area contributed by atoms with Crippen molar-refractivity contribution in [2.75, 3.05) is 37.5 Å². The van der Waals surface area contributed by atoms with Gasteiger partial charge in [0.1, 0.15) is 11.5 Å². The molecule has 1 unspecified atom stereocenters. The smallest absolute Gasteiger partial charge is 0.255 e. The molecule has 1 saturated heterocycles. The summed E-state index contributed by atoms with van der Waals surface area (Å²) in [6.45, 7) is 4.48. The highest BCUT2D eigenvalue weighted by Crippen LogP contribution is 2.26. The molecule has 1 atom stereocenters. The maximum absolute atomic E-state index is 12.5. The predicted octanol–water partition coefficient (Wildman–Crippen LogP) is 4.19. The van der Waals surface area contributed by atoms with Crippen LogP contribution in [0.2, 0.25) is 0 Å². The topological polar surface area (TPSA) is 50.8 Å². The fraction of sp³-hybridized carbons (Fsp3) is 0.381. The molecule has 1 aliphatic heterocycles. The Hall–Kier alpha value is -2.69. The SMILES string of the molecule is COc1cc(OC)cc(C(=O)Nc2ccc(N3CCCC(C)C3)cc2)c1. The molecule has 2 aromatic carbocycles. The van der Waals surface area contributed by atoms with E-state index in [1.54, 1.807) is 32.4 Å². The summed E-state index contributed by atoms with van der Waals surface area (Å²) in [5.74, 6) is 1.71. The Morgan fingerprint density at radius 3 is 2.31 bits per heavy atom. The summed E-state index contributed by atoms with van der Waals surface area (Å²) < 4.78 is 10.4. The van der Waals surface area contributed by atoms with Gasteiger partial charge in [-0.25, -0.2) is 0 Å². The average molecular weight is 354 g/mol. The van der Waals surface area contributed by atoms with Crippen molar-refractivity contribution in [1.29, 1.82) is 0 Å². The Bertz CT molecular complexity index is 736. The molecule has 1 aliphatic rings. The zero-order chi connectivity index (χ0) is 18.5. The lowest BCUT2D eigenvalue weighted by molar-refractivity contribution is 0.102. The Morgan fingerprint density at radius 1 is 1.08 bits per heavy atom. The average Bonchev–Trinajstić information content (AvgIpc) is 2.68. The number of hydrogen-bond acceptors (Lipinski definition) is 4. The van der Waals surface area contributed by atoms with Crippen molar-refractivity contribution in [2.45, 2.75) is 19.8 Å². The van der Waals surface area contributed by atoms with Crippen LogP contribution in [-0.4, -0.2) is 33.2 Å². The van der Waals surface area contributed by atoms with Gasteiger partial charge in [0.05, 0.1) is 14.2 Å². The maximum atomic E-state index is 12.5. The quantitative estimate of drug-likeness (QED) is 0.875. The second kappa shape index (κ2) is 8.13. The van der Waals surface area contributed by atoms with E-state index in [1.165, 1.54) is 18.5 Å². The Morgan fingerprint density at radius 2 is 1.73 bits per heavy atom. The van der Waals surface area contributed by atoms with Crippen LogP contribution in [0.15, 0.2) is 42.5 Å². The fourth-order valence-electron chi connectivity index (χ4n) is 3.32. The molecule has 0 bridgehead atoms. The van der Waals surface area contributed by atoms with Gasteiger partial charge in [-0.05, 0) is 55.2 Å². The van der Waals surface area contributed by atoms with E-state index in [0.717, 1.165) is 24.7 Å².